The van der Waals surface area contributed by atoms with Gasteiger partial charge in [0.1, 0.15) is 5.75 Å². The average Bonchev–Trinajstić information content (AvgIpc) is 3.15. The summed E-state index contributed by atoms with van der Waals surface area (Å²) in [5, 5.41) is 11.0. The number of halogens is 2. The Hall–Kier alpha value is -2.83. The maximum atomic E-state index is 13.8. The lowest BCUT2D eigenvalue weighted by molar-refractivity contribution is -0.139. The van der Waals surface area contributed by atoms with Crippen LogP contribution in [-0.4, -0.2) is 36.0 Å². The van der Waals surface area contributed by atoms with Crippen molar-refractivity contribution < 1.29 is 24.1 Å². The van der Waals surface area contributed by atoms with Crippen LogP contribution in [0.5, 0.6) is 17.2 Å². The number of allylic oxidation sites excluding steroid dienone is 1. The summed E-state index contributed by atoms with van der Waals surface area (Å²) in [5.74, 6) is 0.481. The average molecular weight is 655 g/mol. The molecule has 4 rings (SSSR count). The zero-order valence-corrected chi connectivity index (χ0v) is 24.2. The van der Waals surface area contributed by atoms with E-state index in [1.165, 1.54) is 4.57 Å². The first-order valence-electron chi connectivity index (χ1n) is 11.4. The fourth-order valence-electron chi connectivity index (χ4n) is 4.08. The van der Waals surface area contributed by atoms with Crippen LogP contribution >= 0.6 is 45.5 Å². The quantitative estimate of drug-likeness (QED) is 0.304. The van der Waals surface area contributed by atoms with Gasteiger partial charge in [-0.15, -0.1) is 0 Å². The van der Waals surface area contributed by atoms with E-state index in [1.807, 2.05) is 29.5 Å². The van der Waals surface area contributed by atoms with Crippen molar-refractivity contribution in [2.45, 2.75) is 26.8 Å². The molecule has 0 aliphatic carbocycles. The first-order valence-corrected chi connectivity index (χ1v) is 13.7. The number of hydrogen-bond donors (Lipinski definition) is 1. The molecule has 194 valence electrons. The molecule has 2 heterocycles. The summed E-state index contributed by atoms with van der Waals surface area (Å²) < 4.78 is 18.9. The third-order valence-electron chi connectivity index (χ3n) is 5.66. The van der Waals surface area contributed by atoms with E-state index in [0.717, 1.165) is 11.3 Å². The molecule has 1 aromatic heterocycles. The number of phenols is 1. The highest BCUT2D eigenvalue weighted by Gasteiger charge is 2.34. The van der Waals surface area contributed by atoms with Crippen LogP contribution in [0.3, 0.4) is 0 Å². The largest absolute Gasteiger partial charge is 0.506 e. The molecule has 0 fully saturated rings. The molecule has 0 spiro atoms. The van der Waals surface area contributed by atoms with Crippen LogP contribution in [0.25, 0.3) is 6.08 Å². The lowest BCUT2D eigenvalue weighted by Crippen LogP contribution is -2.40. The summed E-state index contributed by atoms with van der Waals surface area (Å²) in [5.41, 5.74) is 1.38. The number of benzene rings is 2. The molecule has 0 saturated carbocycles. The number of rotatable bonds is 7. The van der Waals surface area contributed by atoms with Crippen LogP contribution in [0.15, 0.2) is 51.4 Å². The Balaban J connectivity index is 1.99. The highest BCUT2D eigenvalue weighted by Crippen LogP contribution is 2.36. The van der Waals surface area contributed by atoms with Crippen molar-refractivity contribution >= 4 is 57.6 Å². The molecule has 0 amide bonds. The Morgan fingerprint density at radius 2 is 2.00 bits per heavy atom. The molecule has 11 heteroatoms. The van der Waals surface area contributed by atoms with Crippen LogP contribution in [-0.2, 0) is 9.53 Å². The molecule has 0 bridgehead atoms. The van der Waals surface area contributed by atoms with E-state index in [0.29, 0.717) is 52.9 Å². The zero-order chi connectivity index (χ0) is 26.9. The zero-order valence-electron chi connectivity index (χ0n) is 20.5. The molecular formula is C26H24ClIN2O6S. The van der Waals surface area contributed by atoms with Gasteiger partial charge in [0.25, 0.3) is 5.56 Å². The van der Waals surface area contributed by atoms with E-state index in [-0.39, 0.29) is 23.5 Å². The minimum Gasteiger partial charge on any atom is -0.506 e. The highest BCUT2D eigenvalue weighted by molar-refractivity contribution is 14.1. The number of ether oxygens (including phenoxy) is 3. The lowest BCUT2D eigenvalue weighted by Gasteiger charge is -2.25. The topological polar surface area (TPSA) is 99.4 Å². The summed E-state index contributed by atoms with van der Waals surface area (Å²) in [7, 11) is 1.54. The Kier molecular flexibility index (Phi) is 8.29. The highest BCUT2D eigenvalue weighted by atomic mass is 127. The van der Waals surface area contributed by atoms with Crippen LogP contribution in [0.1, 0.15) is 37.9 Å². The van der Waals surface area contributed by atoms with Crippen molar-refractivity contribution in [2.24, 2.45) is 4.99 Å². The molecule has 1 aliphatic rings. The lowest BCUT2D eigenvalue weighted by atomic mass is 9.95. The van der Waals surface area contributed by atoms with Crippen molar-refractivity contribution in [1.29, 1.82) is 0 Å². The second-order valence-corrected chi connectivity index (χ2v) is 10.6. The number of nitrogens with zero attached hydrogens (tertiary/aromatic N) is 2. The van der Waals surface area contributed by atoms with E-state index in [4.69, 9.17) is 25.8 Å². The Morgan fingerprint density at radius 3 is 2.68 bits per heavy atom. The van der Waals surface area contributed by atoms with E-state index in [1.54, 1.807) is 57.4 Å². The minimum atomic E-state index is -0.810. The van der Waals surface area contributed by atoms with Gasteiger partial charge in [-0.25, -0.2) is 9.79 Å². The van der Waals surface area contributed by atoms with Gasteiger partial charge in [0.05, 0.1) is 45.7 Å². The Bertz CT molecular complexity index is 1590. The minimum absolute atomic E-state index is 0.0206. The fraction of sp³-hybridized carbons (Fsp3) is 0.269. The molecule has 37 heavy (non-hydrogen) atoms. The van der Waals surface area contributed by atoms with Gasteiger partial charge in [0.15, 0.2) is 16.3 Å². The molecule has 1 N–H and O–H groups in total. The van der Waals surface area contributed by atoms with Gasteiger partial charge in [-0.05, 0) is 79.3 Å². The van der Waals surface area contributed by atoms with Crippen molar-refractivity contribution in [3.8, 4) is 17.2 Å². The molecule has 0 saturated heterocycles. The third-order valence-corrected chi connectivity index (χ3v) is 7.69. The van der Waals surface area contributed by atoms with Crippen LogP contribution < -0.4 is 24.4 Å². The number of methoxy groups -OCH3 is 1. The summed E-state index contributed by atoms with van der Waals surface area (Å²) in [6, 6.07) is 7.68. The summed E-state index contributed by atoms with van der Waals surface area (Å²) in [4.78, 5) is 31.9. The molecule has 1 atom stereocenters. The molecule has 0 radical (unpaired) electrons. The standard InChI is InChI=1S/C26H24ClIN2O6S/c1-5-35-19-10-14(7-8-18(19)34-4)22-21(25(33)36-6-2)13(3)29-26-30(22)24(32)20(37-26)11-15-9-16(27)12-17(28)23(15)31/h7-12,22,31H,5-6H2,1-4H3/b20-11-/t22-/m1/s1. The number of thiazole rings is 1. The van der Waals surface area contributed by atoms with Gasteiger partial charge in [0.2, 0.25) is 0 Å². The molecule has 3 aromatic rings. The van der Waals surface area contributed by atoms with Gasteiger partial charge in [0, 0.05) is 10.6 Å². The summed E-state index contributed by atoms with van der Waals surface area (Å²) in [6.45, 7) is 5.87. The van der Waals surface area contributed by atoms with Crippen LogP contribution in [0.4, 0.5) is 0 Å². The molecule has 0 unspecified atom stereocenters. The first-order chi connectivity index (χ1) is 17.7. The second-order valence-electron chi connectivity index (χ2n) is 7.97. The number of carbonyl (C=O) groups is 1. The second kappa shape index (κ2) is 11.3. The van der Waals surface area contributed by atoms with Crippen molar-refractivity contribution in [1.82, 2.24) is 4.57 Å². The maximum Gasteiger partial charge on any atom is 0.338 e. The van der Waals surface area contributed by atoms with E-state index in [2.05, 4.69) is 4.99 Å². The molecular weight excluding hydrogens is 631 g/mol. The van der Waals surface area contributed by atoms with Gasteiger partial charge in [-0.2, -0.15) is 0 Å². The predicted molar refractivity (Wildman–Crippen MR) is 150 cm³/mol. The van der Waals surface area contributed by atoms with Crippen molar-refractivity contribution in [3.05, 3.63) is 81.0 Å². The number of fused-ring (bicyclic) bond motifs is 1. The first kappa shape index (κ1) is 27.2. The summed E-state index contributed by atoms with van der Waals surface area (Å²) >= 11 is 9.32. The number of esters is 1. The third kappa shape index (κ3) is 5.27. The smallest absolute Gasteiger partial charge is 0.338 e. The number of phenolic OH excluding ortho intramolecular Hbond substituents is 1. The SMILES string of the molecule is CCOC(=O)C1=C(C)N=c2s/c(=C\c3cc(Cl)cc(I)c3O)c(=O)n2[C@@H]1c1ccc(OC)c(OCC)c1. The van der Waals surface area contributed by atoms with Crippen LogP contribution in [0, 0.1) is 3.57 Å². The monoisotopic (exact) mass is 654 g/mol. The molecule has 2 aromatic carbocycles. The summed E-state index contributed by atoms with van der Waals surface area (Å²) in [6.07, 6.45) is 1.58. The van der Waals surface area contributed by atoms with E-state index in [9.17, 15) is 14.7 Å². The van der Waals surface area contributed by atoms with Gasteiger partial charge >= 0.3 is 5.97 Å². The van der Waals surface area contributed by atoms with Crippen molar-refractivity contribution in [3.63, 3.8) is 0 Å². The maximum absolute atomic E-state index is 13.8. The van der Waals surface area contributed by atoms with E-state index < -0.39 is 12.0 Å². The fourth-order valence-corrected chi connectivity index (χ4v) is 6.17. The van der Waals surface area contributed by atoms with Crippen molar-refractivity contribution in [2.75, 3.05) is 20.3 Å². The van der Waals surface area contributed by atoms with Gasteiger partial charge in [-0.1, -0.05) is 29.0 Å². The Labute approximate surface area is 235 Å². The van der Waals surface area contributed by atoms with E-state index >= 15 is 0 Å². The molecule has 1 aliphatic heterocycles. The van der Waals surface area contributed by atoms with Gasteiger partial charge in [-0.3, -0.25) is 9.36 Å². The number of carbonyl (C=O) groups excluding carboxylic acids is 1. The number of aromatic hydroxyl groups is 1. The molecule has 8 nitrogen and oxygen atoms in total. The number of aromatic nitrogens is 1. The normalized spacial score (nSPS) is 15.3. The van der Waals surface area contributed by atoms with Crippen LogP contribution in [0.2, 0.25) is 5.02 Å². The Morgan fingerprint density at radius 1 is 1.24 bits per heavy atom. The predicted octanol–water partition coefficient (Wildman–Crippen LogP) is 4.17. The number of hydrogen-bond acceptors (Lipinski definition) is 8. The van der Waals surface area contributed by atoms with Gasteiger partial charge < -0.3 is 19.3 Å².